The molecular weight excluding hydrogens is 304 g/mol. The molecule has 1 aromatic carbocycles. The average Bonchev–Trinajstić information content (AvgIpc) is 2.66. The monoisotopic (exact) mass is 310 g/mol. The van der Waals surface area contributed by atoms with E-state index in [1.165, 1.54) is 11.3 Å². The number of hydrogen-bond donors (Lipinski definition) is 0. The van der Waals surface area contributed by atoms with E-state index >= 15 is 0 Å². The Kier molecular flexibility index (Phi) is 3.90. The number of thiophene rings is 1. The van der Waals surface area contributed by atoms with Crippen LogP contribution in [0, 0.1) is 24.4 Å². The Bertz CT molecular complexity index is 576. The molecule has 0 saturated carbocycles. The molecule has 0 aliphatic heterocycles. The first-order chi connectivity index (χ1) is 8.41. The molecule has 6 heteroatoms. The fourth-order valence-electron chi connectivity index (χ4n) is 1.50. The fourth-order valence-corrected chi connectivity index (χ4v) is 3.08. The van der Waals surface area contributed by atoms with E-state index in [1.807, 2.05) is 0 Å². The van der Waals surface area contributed by atoms with Gasteiger partial charge in [-0.3, -0.25) is 0 Å². The van der Waals surface area contributed by atoms with Gasteiger partial charge in [-0.25, -0.2) is 13.2 Å². The number of rotatable bonds is 2. The maximum atomic E-state index is 13.6. The molecule has 0 aliphatic rings. The molecule has 1 atom stereocenters. The van der Waals surface area contributed by atoms with E-state index in [1.54, 1.807) is 13.0 Å². The Morgan fingerprint density at radius 1 is 1.17 bits per heavy atom. The van der Waals surface area contributed by atoms with Crippen LogP contribution in [0.1, 0.15) is 21.4 Å². The summed E-state index contributed by atoms with van der Waals surface area (Å²) < 4.78 is 40.1. The van der Waals surface area contributed by atoms with Crippen molar-refractivity contribution in [1.29, 1.82) is 0 Å². The number of halogens is 5. The van der Waals surface area contributed by atoms with Crippen LogP contribution >= 0.6 is 34.5 Å². The summed E-state index contributed by atoms with van der Waals surface area (Å²) in [6, 6.07) is 3.69. The molecule has 1 unspecified atom stereocenters. The number of alkyl halides is 1. The van der Waals surface area contributed by atoms with Crippen LogP contribution in [0.3, 0.4) is 0 Å². The lowest BCUT2D eigenvalue weighted by Crippen LogP contribution is -2.00. The number of aryl methyl sites for hydroxylation is 1. The third-order valence-corrected chi connectivity index (χ3v) is 4.68. The Labute approximate surface area is 116 Å². The molecule has 0 bridgehead atoms. The van der Waals surface area contributed by atoms with Gasteiger partial charge in [0.2, 0.25) is 0 Å². The largest absolute Gasteiger partial charge is 0.204 e. The van der Waals surface area contributed by atoms with Gasteiger partial charge >= 0.3 is 0 Å². The molecular formula is C12H7Cl2F3S. The van der Waals surface area contributed by atoms with E-state index < -0.39 is 22.8 Å². The summed E-state index contributed by atoms with van der Waals surface area (Å²) >= 11 is 13.1. The molecule has 1 aromatic heterocycles. The van der Waals surface area contributed by atoms with E-state index in [2.05, 4.69) is 0 Å². The Balaban J connectivity index is 2.46. The summed E-state index contributed by atoms with van der Waals surface area (Å²) in [6.07, 6.45) is 0. The highest BCUT2D eigenvalue weighted by Gasteiger charge is 2.22. The molecule has 2 aromatic rings. The zero-order valence-corrected chi connectivity index (χ0v) is 11.4. The second-order valence-corrected chi connectivity index (χ2v) is 5.85. The smallest absolute Gasteiger partial charge is 0.194 e. The SMILES string of the molecule is Cc1cc(C(Cl)c2ccc(F)c(F)c2F)sc1Cl. The highest BCUT2D eigenvalue weighted by molar-refractivity contribution is 7.16. The predicted molar refractivity (Wildman–Crippen MR) is 68.1 cm³/mol. The van der Waals surface area contributed by atoms with E-state index in [4.69, 9.17) is 23.2 Å². The maximum Gasteiger partial charge on any atom is 0.194 e. The molecule has 18 heavy (non-hydrogen) atoms. The predicted octanol–water partition coefficient (Wildman–Crippen LogP) is 5.46. The van der Waals surface area contributed by atoms with Crippen molar-refractivity contribution in [2.24, 2.45) is 0 Å². The summed E-state index contributed by atoms with van der Waals surface area (Å²) in [5.41, 5.74) is 0.707. The van der Waals surface area contributed by atoms with Crippen LogP contribution in [0.4, 0.5) is 13.2 Å². The van der Waals surface area contributed by atoms with Crippen LogP contribution in [-0.4, -0.2) is 0 Å². The minimum Gasteiger partial charge on any atom is -0.204 e. The Morgan fingerprint density at radius 3 is 2.39 bits per heavy atom. The first kappa shape index (κ1) is 13.7. The van der Waals surface area contributed by atoms with Crippen molar-refractivity contribution < 1.29 is 13.2 Å². The average molecular weight is 311 g/mol. The Morgan fingerprint density at radius 2 is 1.83 bits per heavy atom. The molecule has 0 N–H and O–H groups in total. The zero-order valence-electron chi connectivity index (χ0n) is 9.11. The second kappa shape index (κ2) is 5.11. The van der Waals surface area contributed by atoms with Gasteiger partial charge in [-0.05, 0) is 24.6 Å². The first-order valence-electron chi connectivity index (χ1n) is 4.95. The third-order valence-electron chi connectivity index (χ3n) is 2.46. The lowest BCUT2D eigenvalue weighted by Gasteiger charge is -2.09. The molecule has 1 heterocycles. The van der Waals surface area contributed by atoms with Crippen molar-refractivity contribution in [2.75, 3.05) is 0 Å². The van der Waals surface area contributed by atoms with E-state index in [9.17, 15) is 13.2 Å². The molecule has 0 aliphatic carbocycles. The maximum absolute atomic E-state index is 13.6. The minimum atomic E-state index is -1.52. The standard InChI is InChI=1S/C12H7Cl2F3S/c1-5-4-8(18-12(5)14)9(13)6-2-3-7(15)11(17)10(6)16/h2-4,9H,1H3. The highest BCUT2D eigenvalue weighted by atomic mass is 35.5. The summed E-state index contributed by atoms with van der Waals surface area (Å²) in [5.74, 6) is -4.02. The van der Waals surface area contributed by atoms with Crippen LogP contribution < -0.4 is 0 Å². The molecule has 0 spiro atoms. The van der Waals surface area contributed by atoms with Crippen LogP contribution in [0.2, 0.25) is 4.34 Å². The molecule has 96 valence electrons. The molecule has 0 radical (unpaired) electrons. The van der Waals surface area contributed by atoms with Gasteiger partial charge in [0.25, 0.3) is 0 Å². The van der Waals surface area contributed by atoms with Gasteiger partial charge < -0.3 is 0 Å². The van der Waals surface area contributed by atoms with Crippen molar-refractivity contribution in [2.45, 2.75) is 12.3 Å². The van der Waals surface area contributed by atoms with Crippen molar-refractivity contribution in [3.05, 3.63) is 56.0 Å². The normalized spacial score (nSPS) is 12.8. The van der Waals surface area contributed by atoms with Crippen molar-refractivity contribution in [3.63, 3.8) is 0 Å². The molecule has 0 saturated heterocycles. The van der Waals surface area contributed by atoms with Crippen molar-refractivity contribution in [1.82, 2.24) is 0 Å². The van der Waals surface area contributed by atoms with E-state index in [0.29, 0.717) is 9.21 Å². The van der Waals surface area contributed by atoms with Crippen LogP contribution in [0.5, 0.6) is 0 Å². The number of hydrogen-bond acceptors (Lipinski definition) is 1. The fraction of sp³-hybridized carbons (Fsp3) is 0.167. The van der Waals surface area contributed by atoms with Crippen LogP contribution in [0.25, 0.3) is 0 Å². The van der Waals surface area contributed by atoms with Gasteiger partial charge in [0.1, 0.15) is 0 Å². The van der Waals surface area contributed by atoms with Gasteiger partial charge in [0, 0.05) is 10.4 Å². The first-order valence-corrected chi connectivity index (χ1v) is 6.58. The van der Waals surface area contributed by atoms with Crippen LogP contribution in [-0.2, 0) is 0 Å². The lowest BCUT2D eigenvalue weighted by molar-refractivity contribution is 0.441. The molecule has 0 nitrogen and oxygen atoms in total. The highest BCUT2D eigenvalue weighted by Crippen LogP contribution is 2.39. The summed E-state index contributed by atoms with van der Waals surface area (Å²) in [5, 5.41) is -0.892. The van der Waals surface area contributed by atoms with Gasteiger partial charge in [0.15, 0.2) is 17.5 Å². The minimum absolute atomic E-state index is 0.103. The summed E-state index contributed by atoms with van der Waals surface area (Å²) in [7, 11) is 0. The van der Waals surface area contributed by atoms with Gasteiger partial charge in [-0.15, -0.1) is 22.9 Å². The molecule has 0 fully saturated rings. The quantitative estimate of drug-likeness (QED) is 0.510. The van der Waals surface area contributed by atoms with E-state index in [-0.39, 0.29) is 5.56 Å². The molecule has 0 amide bonds. The zero-order chi connectivity index (χ0) is 13.4. The van der Waals surface area contributed by atoms with Crippen molar-refractivity contribution in [3.8, 4) is 0 Å². The van der Waals surface area contributed by atoms with Crippen molar-refractivity contribution >= 4 is 34.5 Å². The number of benzene rings is 1. The third kappa shape index (κ3) is 2.37. The Hall–Kier alpha value is -0.710. The summed E-state index contributed by atoms with van der Waals surface area (Å²) in [6.45, 7) is 1.79. The van der Waals surface area contributed by atoms with Gasteiger partial charge in [0.05, 0.1) is 9.71 Å². The van der Waals surface area contributed by atoms with Gasteiger partial charge in [-0.2, -0.15) is 0 Å². The lowest BCUT2D eigenvalue weighted by atomic mass is 10.1. The topological polar surface area (TPSA) is 0 Å². The van der Waals surface area contributed by atoms with E-state index in [0.717, 1.165) is 17.7 Å². The van der Waals surface area contributed by atoms with Gasteiger partial charge in [-0.1, -0.05) is 17.7 Å². The molecule has 2 rings (SSSR count). The second-order valence-electron chi connectivity index (χ2n) is 3.73. The summed E-state index contributed by atoms with van der Waals surface area (Å²) in [4.78, 5) is 0.587. The van der Waals surface area contributed by atoms with Crippen LogP contribution in [0.15, 0.2) is 18.2 Å².